The highest BCUT2D eigenvalue weighted by molar-refractivity contribution is 6.00. The van der Waals surface area contributed by atoms with E-state index < -0.39 is 0 Å². The summed E-state index contributed by atoms with van der Waals surface area (Å²) in [5, 5.41) is 4.24. The Labute approximate surface area is 178 Å². The predicted molar refractivity (Wildman–Crippen MR) is 119 cm³/mol. The van der Waals surface area contributed by atoms with Crippen LogP contribution in [0, 0.1) is 5.82 Å². The second-order valence-corrected chi connectivity index (χ2v) is 7.27. The van der Waals surface area contributed by atoms with Crippen LogP contribution in [0.2, 0.25) is 0 Å². The first-order valence-electron chi connectivity index (χ1n) is 10.5. The first kappa shape index (κ1) is 22.1. The fourth-order valence-electron chi connectivity index (χ4n) is 3.63. The maximum atomic E-state index is 13.2. The maximum Gasteiger partial charge on any atom is 0.142 e. The van der Waals surface area contributed by atoms with Gasteiger partial charge < -0.3 is 20.2 Å². The molecule has 1 aliphatic rings. The van der Waals surface area contributed by atoms with Gasteiger partial charge >= 0.3 is 0 Å². The first-order chi connectivity index (χ1) is 14.7. The Morgan fingerprint density at radius 1 is 1.07 bits per heavy atom. The molecule has 1 heterocycles. The van der Waals surface area contributed by atoms with E-state index in [-0.39, 0.29) is 5.82 Å². The lowest BCUT2D eigenvalue weighted by Gasteiger charge is -2.36. The molecular formula is C23H31FN4O2. The zero-order valence-electron chi connectivity index (χ0n) is 17.6. The van der Waals surface area contributed by atoms with Gasteiger partial charge in [0.05, 0.1) is 18.5 Å². The molecule has 0 unspecified atom stereocenters. The number of halogens is 1. The number of hydrogen-bond acceptors (Lipinski definition) is 6. The quantitative estimate of drug-likeness (QED) is 0.368. The second-order valence-electron chi connectivity index (χ2n) is 7.27. The lowest BCUT2D eigenvalue weighted by atomic mass is 10.1. The third-order valence-electron chi connectivity index (χ3n) is 5.25. The van der Waals surface area contributed by atoms with Crippen molar-refractivity contribution in [1.29, 1.82) is 0 Å². The molecule has 1 aliphatic heterocycles. The standard InChI is InChI=1S/C23H31FN4O2/c1-29-23-7-3-2-6-22(23)28-16-14-27(15-17-28)13-4-5-21(26-30-18-12-25)19-8-10-20(24)11-9-19/h2-3,6-11H,4-5,12-18,25H2,1H3/b26-21+. The van der Waals surface area contributed by atoms with E-state index in [1.807, 2.05) is 18.2 Å². The van der Waals surface area contributed by atoms with Crippen LogP contribution >= 0.6 is 0 Å². The molecule has 1 fully saturated rings. The largest absolute Gasteiger partial charge is 0.495 e. The first-order valence-corrected chi connectivity index (χ1v) is 10.5. The molecule has 30 heavy (non-hydrogen) atoms. The number of oxime groups is 1. The summed E-state index contributed by atoms with van der Waals surface area (Å²) in [6, 6.07) is 14.5. The van der Waals surface area contributed by atoms with Gasteiger partial charge in [-0.15, -0.1) is 0 Å². The van der Waals surface area contributed by atoms with Gasteiger partial charge in [-0.2, -0.15) is 0 Å². The molecule has 6 nitrogen and oxygen atoms in total. The van der Waals surface area contributed by atoms with Crippen molar-refractivity contribution < 1.29 is 14.0 Å². The molecule has 0 atom stereocenters. The van der Waals surface area contributed by atoms with Gasteiger partial charge in [-0.3, -0.25) is 4.90 Å². The number of nitrogens with zero attached hydrogens (tertiary/aromatic N) is 3. The van der Waals surface area contributed by atoms with Gasteiger partial charge in [-0.1, -0.05) is 29.4 Å². The van der Waals surface area contributed by atoms with E-state index in [0.717, 1.165) is 68.3 Å². The summed E-state index contributed by atoms with van der Waals surface area (Å²) in [7, 11) is 1.71. The van der Waals surface area contributed by atoms with Crippen molar-refractivity contribution >= 4 is 11.4 Å². The maximum absolute atomic E-state index is 13.2. The lowest BCUT2D eigenvalue weighted by Crippen LogP contribution is -2.46. The summed E-state index contributed by atoms with van der Waals surface area (Å²) in [6.45, 7) is 5.72. The number of benzene rings is 2. The molecule has 0 aliphatic carbocycles. The Kier molecular flexibility index (Phi) is 8.47. The third-order valence-corrected chi connectivity index (χ3v) is 5.25. The summed E-state index contributed by atoms with van der Waals surface area (Å²) in [5.74, 6) is 0.664. The molecule has 2 aromatic rings. The predicted octanol–water partition coefficient (Wildman–Crippen LogP) is 3.12. The van der Waals surface area contributed by atoms with Gasteiger partial charge in [0.1, 0.15) is 18.2 Å². The molecule has 0 saturated carbocycles. The van der Waals surface area contributed by atoms with Crippen molar-refractivity contribution in [1.82, 2.24) is 4.90 Å². The molecule has 0 bridgehead atoms. The minimum Gasteiger partial charge on any atom is -0.495 e. The Balaban J connectivity index is 1.50. The topological polar surface area (TPSA) is 63.3 Å². The third kappa shape index (κ3) is 6.18. The molecule has 162 valence electrons. The highest BCUT2D eigenvalue weighted by Gasteiger charge is 2.19. The number of piperazine rings is 1. The van der Waals surface area contributed by atoms with Gasteiger partial charge in [0.25, 0.3) is 0 Å². The number of hydrogen-bond donors (Lipinski definition) is 1. The molecule has 2 N–H and O–H groups in total. The average molecular weight is 415 g/mol. The number of nitrogens with two attached hydrogens (primary N) is 1. The van der Waals surface area contributed by atoms with E-state index in [4.69, 9.17) is 15.3 Å². The minimum atomic E-state index is -0.256. The van der Waals surface area contributed by atoms with E-state index in [1.165, 1.54) is 12.1 Å². The zero-order chi connectivity index (χ0) is 21.2. The van der Waals surface area contributed by atoms with Crippen molar-refractivity contribution in [3.05, 3.63) is 59.9 Å². The Bertz CT molecular complexity index is 805. The summed E-state index contributed by atoms with van der Waals surface area (Å²) in [4.78, 5) is 10.1. The number of anilines is 1. The lowest BCUT2D eigenvalue weighted by molar-refractivity contribution is 0.151. The van der Waals surface area contributed by atoms with Crippen LogP contribution in [0.1, 0.15) is 18.4 Å². The number of rotatable bonds is 10. The Morgan fingerprint density at radius 2 is 1.80 bits per heavy atom. The van der Waals surface area contributed by atoms with Gasteiger partial charge in [-0.05, 0) is 49.2 Å². The average Bonchev–Trinajstić information content (AvgIpc) is 2.79. The van der Waals surface area contributed by atoms with E-state index in [2.05, 4.69) is 21.0 Å². The van der Waals surface area contributed by atoms with Crippen LogP contribution in [-0.4, -0.2) is 63.6 Å². The van der Waals surface area contributed by atoms with Crippen LogP contribution in [-0.2, 0) is 4.84 Å². The molecule has 7 heteroatoms. The molecular weight excluding hydrogens is 383 g/mol. The second kappa shape index (κ2) is 11.5. The smallest absolute Gasteiger partial charge is 0.142 e. The van der Waals surface area contributed by atoms with Crippen LogP contribution in [0.15, 0.2) is 53.7 Å². The minimum absolute atomic E-state index is 0.256. The van der Waals surface area contributed by atoms with E-state index >= 15 is 0 Å². The molecule has 3 rings (SSSR count). The molecule has 0 spiro atoms. The van der Waals surface area contributed by atoms with Crippen LogP contribution < -0.4 is 15.4 Å². The summed E-state index contributed by atoms with van der Waals surface area (Å²) in [5.41, 5.74) is 8.35. The van der Waals surface area contributed by atoms with Gasteiger partial charge in [0, 0.05) is 32.7 Å². The highest BCUT2D eigenvalue weighted by atomic mass is 19.1. The fourth-order valence-corrected chi connectivity index (χ4v) is 3.63. The Hall–Kier alpha value is -2.64. The SMILES string of the molecule is COc1ccccc1N1CCN(CCC/C(=N\OCCN)c2ccc(F)cc2)CC1. The molecule has 0 amide bonds. The number of methoxy groups -OCH3 is 1. The van der Waals surface area contributed by atoms with Crippen molar-refractivity contribution in [3.63, 3.8) is 0 Å². The number of ether oxygens (including phenoxy) is 1. The molecule has 0 aromatic heterocycles. The summed E-state index contributed by atoms with van der Waals surface area (Å²) in [6.07, 6.45) is 1.72. The monoisotopic (exact) mass is 414 g/mol. The van der Waals surface area contributed by atoms with E-state index in [9.17, 15) is 4.39 Å². The molecule has 0 radical (unpaired) electrons. The van der Waals surface area contributed by atoms with Crippen molar-refractivity contribution in [3.8, 4) is 5.75 Å². The zero-order valence-corrected chi connectivity index (χ0v) is 17.6. The summed E-state index contributed by atoms with van der Waals surface area (Å²) >= 11 is 0. The van der Waals surface area contributed by atoms with Crippen molar-refractivity contribution in [2.24, 2.45) is 10.9 Å². The van der Waals surface area contributed by atoms with Crippen molar-refractivity contribution in [2.75, 3.05) is 57.9 Å². The fraction of sp³-hybridized carbons (Fsp3) is 0.435. The van der Waals surface area contributed by atoms with Crippen molar-refractivity contribution in [2.45, 2.75) is 12.8 Å². The molecule has 1 saturated heterocycles. The van der Waals surface area contributed by atoms with Crippen LogP contribution in [0.5, 0.6) is 5.75 Å². The van der Waals surface area contributed by atoms with Crippen LogP contribution in [0.3, 0.4) is 0 Å². The van der Waals surface area contributed by atoms with E-state index in [1.54, 1.807) is 19.2 Å². The number of para-hydroxylation sites is 2. The molecule has 2 aromatic carbocycles. The van der Waals surface area contributed by atoms with Crippen LogP contribution in [0.25, 0.3) is 0 Å². The van der Waals surface area contributed by atoms with Gasteiger partial charge in [0.2, 0.25) is 0 Å². The van der Waals surface area contributed by atoms with Crippen LogP contribution in [0.4, 0.5) is 10.1 Å². The highest BCUT2D eigenvalue weighted by Crippen LogP contribution is 2.28. The van der Waals surface area contributed by atoms with Gasteiger partial charge in [0.15, 0.2) is 0 Å². The Morgan fingerprint density at radius 3 is 2.50 bits per heavy atom. The normalized spacial score (nSPS) is 15.3. The van der Waals surface area contributed by atoms with Gasteiger partial charge in [-0.25, -0.2) is 4.39 Å². The van der Waals surface area contributed by atoms with E-state index in [0.29, 0.717) is 13.2 Å². The summed E-state index contributed by atoms with van der Waals surface area (Å²) < 4.78 is 18.7.